The quantitative estimate of drug-likeness (QED) is 0.820. The first-order valence-corrected chi connectivity index (χ1v) is 6.30. The van der Waals surface area contributed by atoms with Crippen LogP contribution in [0.2, 0.25) is 0 Å². The normalized spacial score (nSPS) is 18.0. The molecule has 0 amide bonds. The number of rotatable bonds is 3. The van der Waals surface area contributed by atoms with Crippen molar-refractivity contribution < 1.29 is 9.53 Å². The molecule has 0 radical (unpaired) electrons. The van der Waals surface area contributed by atoms with E-state index in [1.54, 1.807) is 0 Å². The first kappa shape index (κ1) is 12.8. The predicted molar refractivity (Wildman–Crippen MR) is 68.1 cm³/mol. The van der Waals surface area contributed by atoms with E-state index in [-0.39, 0.29) is 11.7 Å². The maximum Gasteiger partial charge on any atom is 0.157 e. The number of carbonyl (C=O) groups is 1. The molecule has 0 aliphatic carbocycles. The molecule has 94 valence electrons. The van der Waals surface area contributed by atoms with E-state index >= 15 is 0 Å². The van der Waals surface area contributed by atoms with Crippen molar-refractivity contribution in [1.29, 1.82) is 5.26 Å². The molecule has 1 aliphatic rings. The molecular weight excluding hydrogens is 226 g/mol. The van der Waals surface area contributed by atoms with E-state index in [1.165, 1.54) is 0 Å². The van der Waals surface area contributed by atoms with E-state index in [9.17, 15) is 10.1 Å². The van der Waals surface area contributed by atoms with Crippen LogP contribution in [0.25, 0.3) is 0 Å². The van der Waals surface area contributed by atoms with Crippen LogP contribution in [0.15, 0.2) is 24.3 Å². The lowest BCUT2D eigenvalue weighted by Gasteiger charge is -2.23. The van der Waals surface area contributed by atoms with E-state index in [4.69, 9.17) is 4.74 Å². The van der Waals surface area contributed by atoms with Gasteiger partial charge in [-0.2, -0.15) is 5.26 Å². The Bertz CT molecular complexity index is 470. The van der Waals surface area contributed by atoms with Gasteiger partial charge in [0.05, 0.1) is 6.07 Å². The fraction of sp³-hybridized carbons (Fsp3) is 0.467. The summed E-state index contributed by atoms with van der Waals surface area (Å²) in [5, 5.41) is 9.27. The van der Waals surface area contributed by atoms with E-state index in [1.807, 2.05) is 31.2 Å². The van der Waals surface area contributed by atoms with Crippen molar-refractivity contribution in [3.05, 3.63) is 35.4 Å². The van der Waals surface area contributed by atoms with Crippen LogP contribution in [0.1, 0.15) is 29.9 Å². The van der Waals surface area contributed by atoms with Gasteiger partial charge in [-0.1, -0.05) is 29.8 Å². The number of ether oxygens (including phenoxy) is 1. The molecule has 1 heterocycles. The summed E-state index contributed by atoms with van der Waals surface area (Å²) in [6.45, 7) is 3.22. The first-order valence-electron chi connectivity index (χ1n) is 6.30. The van der Waals surface area contributed by atoms with Crippen molar-refractivity contribution in [3.63, 3.8) is 0 Å². The van der Waals surface area contributed by atoms with Crippen LogP contribution >= 0.6 is 0 Å². The zero-order valence-electron chi connectivity index (χ0n) is 10.6. The van der Waals surface area contributed by atoms with Crippen LogP contribution < -0.4 is 0 Å². The Labute approximate surface area is 107 Å². The van der Waals surface area contributed by atoms with Gasteiger partial charge in [0, 0.05) is 19.1 Å². The van der Waals surface area contributed by atoms with Gasteiger partial charge in [-0.25, -0.2) is 0 Å². The molecule has 1 fully saturated rings. The third-order valence-electron chi connectivity index (χ3n) is 3.41. The maximum atomic E-state index is 12.4. The van der Waals surface area contributed by atoms with Gasteiger partial charge >= 0.3 is 0 Å². The third-order valence-corrected chi connectivity index (χ3v) is 3.41. The van der Waals surface area contributed by atoms with Gasteiger partial charge in [-0.15, -0.1) is 0 Å². The molecule has 1 aromatic carbocycles. The van der Waals surface area contributed by atoms with Crippen LogP contribution in [0.4, 0.5) is 0 Å². The van der Waals surface area contributed by atoms with Gasteiger partial charge in [-0.05, 0) is 25.3 Å². The Morgan fingerprint density at radius 2 is 2.17 bits per heavy atom. The SMILES string of the molecule is Cc1cccc(C(C#N)C(=O)C2CCOCC2)c1. The van der Waals surface area contributed by atoms with E-state index in [2.05, 4.69) is 6.07 Å². The molecule has 3 nitrogen and oxygen atoms in total. The van der Waals surface area contributed by atoms with Crippen molar-refractivity contribution >= 4 is 5.78 Å². The predicted octanol–water partition coefficient (Wildman–Crippen LogP) is 2.60. The molecule has 1 saturated heterocycles. The van der Waals surface area contributed by atoms with Gasteiger partial charge in [-0.3, -0.25) is 4.79 Å². The molecule has 0 saturated carbocycles. The minimum atomic E-state index is -0.631. The van der Waals surface area contributed by atoms with Crippen LogP contribution in [-0.2, 0) is 9.53 Å². The summed E-state index contributed by atoms with van der Waals surface area (Å²) in [4.78, 5) is 12.4. The number of aryl methyl sites for hydroxylation is 1. The molecule has 1 unspecified atom stereocenters. The van der Waals surface area contributed by atoms with Crippen molar-refractivity contribution in [2.45, 2.75) is 25.7 Å². The highest BCUT2D eigenvalue weighted by Gasteiger charge is 2.29. The zero-order chi connectivity index (χ0) is 13.0. The molecule has 1 aliphatic heterocycles. The molecule has 1 atom stereocenters. The Kier molecular flexibility index (Phi) is 4.11. The summed E-state index contributed by atoms with van der Waals surface area (Å²) >= 11 is 0. The Balaban J connectivity index is 2.18. The topological polar surface area (TPSA) is 50.1 Å². The molecule has 0 aromatic heterocycles. The van der Waals surface area contributed by atoms with E-state index in [0.29, 0.717) is 13.2 Å². The summed E-state index contributed by atoms with van der Waals surface area (Å²) < 4.78 is 5.25. The highest BCUT2D eigenvalue weighted by molar-refractivity contribution is 5.90. The summed E-state index contributed by atoms with van der Waals surface area (Å²) in [7, 11) is 0. The summed E-state index contributed by atoms with van der Waals surface area (Å²) in [6.07, 6.45) is 1.48. The highest BCUT2D eigenvalue weighted by atomic mass is 16.5. The standard InChI is InChI=1S/C15H17NO2/c1-11-3-2-4-13(9-11)14(10-16)15(17)12-5-7-18-8-6-12/h2-4,9,12,14H,5-8H2,1H3. The first-order chi connectivity index (χ1) is 8.72. The lowest BCUT2D eigenvalue weighted by Crippen LogP contribution is -2.27. The average Bonchev–Trinajstić information content (AvgIpc) is 2.40. The van der Waals surface area contributed by atoms with E-state index in [0.717, 1.165) is 24.0 Å². The summed E-state index contributed by atoms with van der Waals surface area (Å²) in [5.41, 5.74) is 1.89. The Hall–Kier alpha value is -1.66. The van der Waals surface area contributed by atoms with Crippen molar-refractivity contribution in [2.24, 2.45) is 5.92 Å². The van der Waals surface area contributed by atoms with E-state index < -0.39 is 5.92 Å². The average molecular weight is 243 g/mol. The fourth-order valence-corrected chi connectivity index (χ4v) is 2.37. The van der Waals surface area contributed by atoms with Gasteiger partial charge in [0.2, 0.25) is 0 Å². The van der Waals surface area contributed by atoms with Crippen molar-refractivity contribution in [3.8, 4) is 6.07 Å². The second kappa shape index (κ2) is 5.79. The number of benzene rings is 1. The minimum absolute atomic E-state index is 0.0242. The van der Waals surface area contributed by atoms with Gasteiger partial charge in [0.1, 0.15) is 5.92 Å². The van der Waals surface area contributed by atoms with Crippen LogP contribution in [0.3, 0.4) is 0 Å². The molecule has 18 heavy (non-hydrogen) atoms. The molecule has 1 aromatic rings. The number of hydrogen-bond acceptors (Lipinski definition) is 3. The van der Waals surface area contributed by atoms with Crippen LogP contribution in [-0.4, -0.2) is 19.0 Å². The summed E-state index contributed by atoms with van der Waals surface area (Å²) in [5.74, 6) is -0.608. The van der Waals surface area contributed by atoms with Gasteiger partial charge in [0.15, 0.2) is 5.78 Å². The van der Waals surface area contributed by atoms with Gasteiger partial charge < -0.3 is 4.74 Å². The lowest BCUT2D eigenvalue weighted by molar-refractivity contribution is -0.126. The number of hydrogen-bond donors (Lipinski definition) is 0. The second-order valence-electron chi connectivity index (χ2n) is 4.77. The Morgan fingerprint density at radius 3 is 2.78 bits per heavy atom. The minimum Gasteiger partial charge on any atom is -0.381 e. The highest BCUT2D eigenvalue weighted by Crippen LogP contribution is 2.26. The smallest absolute Gasteiger partial charge is 0.157 e. The number of ketones is 1. The third kappa shape index (κ3) is 2.77. The lowest BCUT2D eigenvalue weighted by atomic mass is 9.84. The van der Waals surface area contributed by atoms with Crippen LogP contribution in [0, 0.1) is 24.2 Å². The molecule has 0 spiro atoms. The largest absolute Gasteiger partial charge is 0.381 e. The van der Waals surface area contributed by atoms with Crippen LogP contribution in [0.5, 0.6) is 0 Å². The monoisotopic (exact) mass is 243 g/mol. The number of Topliss-reactive ketones (excluding diaryl/α,β-unsaturated/α-hetero) is 1. The number of carbonyl (C=O) groups excluding carboxylic acids is 1. The number of nitriles is 1. The van der Waals surface area contributed by atoms with Crippen molar-refractivity contribution in [1.82, 2.24) is 0 Å². The molecule has 3 heteroatoms. The molecule has 0 N–H and O–H groups in total. The molecular formula is C15H17NO2. The van der Waals surface area contributed by atoms with Gasteiger partial charge in [0.25, 0.3) is 0 Å². The summed E-state index contributed by atoms with van der Waals surface area (Å²) in [6, 6.07) is 9.80. The molecule has 2 rings (SSSR count). The Morgan fingerprint density at radius 1 is 1.44 bits per heavy atom. The maximum absolute atomic E-state index is 12.4. The van der Waals surface area contributed by atoms with Crippen molar-refractivity contribution in [2.75, 3.05) is 13.2 Å². The molecule has 0 bridgehead atoms. The number of nitrogens with zero attached hydrogens (tertiary/aromatic N) is 1. The second-order valence-corrected chi connectivity index (χ2v) is 4.77. The fourth-order valence-electron chi connectivity index (χ4n) is 2.37. The zero-order valence-corrected chi connectivity index (χ0v) is 10.6.